The van der Waals surface area contributed by atoms with Crippen LogP contribution >= 0.6 is 11.8 Å². The molecule has 0 aliphatic rings. The molecule has 0 amide bonds. The minimum absolute atomic E-state index is 0.168. The summed E-state index contributed by atoms with van der Waals surface area (Å²) in [6.07, 6.45) is 0.610. The largest absolute Gasteiger partial charge is 0.396 e. The first kappa shape index (κ1) is 8.98. The minimum Gasteiger partial charge on any atom is -0.396 e. The standard InChI is InChI=1S/C6H12O2S/c1-2-6(8)5-9-4-3-7/h7H,2-5H2,1H3. The van der Waals surface area contributed by atoms with Crippen LogP contribution in [0.5, 0.6) is 0 Å². The summed E-state index contributed by atoms with van der Waals surface area (Å²) >= 11 is 1.49. The lowest BCUT2D eigenvalue weighted by atomic mass is 10.4. The zero-order valence-electron chi connectivity index (χ0n) is 5.59. The molecule has 54 valence electrons. The van der Waals surface area contributed by atoms with Gasteiger partial charge in [0.2, 0.25) is 0 Å². The van der Waals surface area contributed by atoms with Gasteiger partial charge < -0.3 is 5.11 Å². The maximum absolute atomic E-state index is 10.6. The molecular formula is C6H12O2S. The van der Waals surface area contributed by atoms with Gasteiger partial charge >= 0.3 is 0 Å². The molecular weight excluding hydrogens is 136 g/mol. The van der Waals surface area contributed by atoms with Gasteiger partial charge in [0.25, 0.3) is 0 Å². The third-order valence-corrected chi connectivity index (χ3v) is 1.89. The van der Waals surface area contributed by atoms with Gasteiger partial charge in [-0.25, -0.2) is 0 Å². The van der Waals surface area contributed by atoms with Crippen LogP contribution in [-0.4, -0.2) is 29.0 Å². The van der Waals surface area contributed by atoms with E-state index in [1.54, 1.807) is 0 Å². The summed E-state index contributed by atoms with van der Waals surface area (Å²) < 4.78 is 0. The van der Waals surface area contributed by atoms with Crippen LogP contribution in [0.2, 0.25) is 0 Å². The zero-order chi connectivity index (χ0) is 7.11. The number of thioether (sulfide) groups is 1. The van der Waals surface area contributed by atoms with Crippen LogP contribution in [0.3, 0.4) is 0 Å². The number of rotatable bonds is 5. The molecule has 0 aliphatic carbocycles. The zero-order valence-corrected chi connectivity index (χ0v) is 6.41. The highest BCUT2D eigenvalue weighted by atomic mass is 32.2. The van der Waals surface area contributed by atoms with E-state index in [1.807, 2.05) is 6.92 Å². The number of aliphatic hydroxyl groups is 1. The number of aliphatic hydroxyl groups excluding tert-OH is 1. The number of ketones is 1. The summed E-state index contributed by atoms with van der Waals surface area (Å²) in [4.78, 5) is 10.6. The number of hydrogen-bond donors (Lipinski definition) is 1. The van der Waals surface area contributed by atoms with Gasteiger partial charge in [0.05, 0.1) is 12.4 Å². The second-order valence-corrected chi connectivity index (χ2v) is 2.77. The Bertz CT molecular complexity index is 83.1. The van der Waals surface area contributed by atoms with E-state index in [2.05, 4.69) is 0 Å². The van der Waals surface area contributed by atoms with Gasteiger partial charge in [-0.3, -0.25) is 4.79 Å². The van der Waals surface area contributed by atoms with Crippen LogP contribution in [0.4, 0.5) is 0 Å². The Morgan fingerprint density at radius 1 is 1.67 bits per heavy atom. The van der Waals surface area contributed by atoms with Crippen molar-refractivity contribution in [2.24, 2.45) is 0 Å². The lowest BCUT2D eigenvalue weighted by Gasteiger charge is -1.94. The quantitative estimate of drug-likeness (QED) is 0.583. The smallest absolute Gasteiger partial charge is 0.142 e. The highest BCUT2D eigenvalue weighted by molar-refractivity contribution is 7.99. The molecule has 0 saturated heterocycles. The van der Waals surface area contributed by atoms with Gasteiger partial charge in [-0.1, -0.05) is 6.92 Å². The van der Waals surface area contributed by atoms with E-state index in [1.165, 1.54) is 11.8 Å². The molecule has 0 aromatic rings. The third-order valence-electron chi connectivity index (χ3n) is 0.893. The van der Waals surface area contributed by atoms with Gasteiger partial charge in [0.1, 0.15) is 5.78 Å². The van der Waals surface area contributed by atoms with Crippen molar-refractivity contribution >= 4 is 17.5 Å². The van der Waals surface area contributed by atoms with E-state index in [9.17, 15) is 4.79 Å². The lowest BCUT2D eigenvalue weighted by Crippen LogP contribution is -2.00. The van der Waals surface area contributed by atoms with E-state index < -0.39 is 0 Å². The van der Waals surface area contributed by atoms with Crippen molar-refractivity contribution in [2.45, 2.75) is 13.3 Å². The van der Waals surface area contributed by atoms with Crippen LogP contribution in [0.15, 0.2) is 0 Å². The minimum atomic E-state index is 0.168. The number of carbonyl (C=O) groups is 1. The molecule has 1 N–H and O–H groups in total. The molecule has 0 atom stereocenters. The van der Waals surface area contributed by atoms with Crippen molar-refractivity contribution in [2.75, 3.05) is 18.1 Å². The van der Waals surface area contributed by atoms with Gasteiger partial charge in [-0.05, 0) is 0 Å². The summed E-state index contributed by atoms with van der Waals surface area (Å²) in [6, 6.07) is 0. The molecule has 9 heavy (non-hydrogen) atoms. The molecule has 0 unspecified atom stereocenters. The molecule has 0 spiro atoms. The SMILES string of the molecule is CCC(=O)CSCCO. The highest BCUT2D eigenvalue weighted by Crippen LogP contribution is 1.99. The fourth-order valence-electron chi connectivity index (χ4n) is 0.353. The van der Waals surface area contributed by atoms with Crippen molar-refractivity contribution in [3.05, 3.63) is 0 Å². The van der Waals surface area contributed by atoms with Crippen molar-refractivity contribution in [1.29, 1.82) is 0 Å². The molecule has 0 bridgehead atoms. The molecule has 0 heterocycles. The number of hydrogen-bond acceptors (Lipinski definition) is 3. The van der Waals surface area contributed by atoms with Crippen molar-refractivity contribution in [3.63, 3.8) is 0 Å². The molecule has 0 rings (SSSR count). The molecule has 0 aromatic heterocycles. The van der Waals surface area contributed by atoms with Crippen LogP contribution < -0.4 is 0 Å². The van der Waals surface area contributed by atoms with Crippen molar-refractivity contribution in [3.8, 4) is 0 Å². The molecule has 3 heteroatoms. The second-order valence-electron chi connectivity index (χ2n) is 1.67. The first-order valence-corrected chi connectivity index (χ1v) is 4.17. The topological polar surface area (TPSA) is 37.3 Å². The van der Waals surface area contributed by atoms with Gasteiger partial charge in [-0.15, -0.1) is 0 Å². The van der Waals surface area contributed by atoms with E-state index in [0.717, 1.165) is 0 Å². The normalized spacial score (nSPS) is 9.56. The molecule has 2 nitrogen and oxygen atoms in total. The van der Waals surface area contributed by atoms with Crippen LogP contribution in [0, 0.1) is 0 Å². The molecule has 0 aromatic carbocycles. The van der Waals surface area contributed by atoms with Crippen molar-refractivity contribution < 1.29 is 9.90 Å². The first-order chi connectivity index (χ1) is 4.31. The Morgan fingerprint density at radius 2 is 2.33 bits per heavy atom. The molecule has 0 radical (unpaired) electrons. The van der Waals surface area contributed by atoms with Crippen molar-refractivity contribution in [1.82, 2.24) is 0 Å². The maximum Gasteiger partial charge on any atom is 0.142 e. The molecule has 0 aliphatic heterocycles. The van der Waals surface area contributed by atoms with E-state index in [-0.39, 0.29) is 12.4 Å². The molecule has 0 fully saturated rings. The first-order valence-electron chi connectivity index (χ1n) is 3.01. The second kappa shape index (κ2) is 6.11. The average Bonchev–Trinajstić information content (AvgIpc) is 1.89. The van der Waals surface area contributed by atoms with Gasteiger partial charge in [-0.2, -0.15) is 11.8 Å². The van der Waals surface area contributed by atoms with Gasteiger partial charge in [0, 0.05) is 12.2 Å². The summed E-state index contributed by atoms with van der Waals surface area (Å²) in [7, 11) is 0. The number of carbonyl (C=O) groups excluding carboxylic acids is 1. The van der Waals surface area contributed by atoms with Crippen LogP contribution in [0.25, 0.3) is 0 Å². The predicted octanol–water partition coefficient (Wildman–Crippen LogP) is 0.691. The summed E-state index contributed by atoms with van der Waals surface area (Å²) in [6.45, 7) is 2.02. The fraction of sp³-hybridized carbons (Fsp3) is 0.833. The third kappa shape index (κ3) is 5.86. The monoisotopic (exact) mass is 148 g/mol. The number of Topliss-reactive ketones (excluding diaryl/α,β-unsaturated/α-hetero) is 1. The van der Waals surface area contributed by atoms with Gasteiger partial charge in [0.15, 0.2) is 0 Å². The van der Waals surface area contributed by atoms with E-state index >= 15 is 0 Å². The summed E-state index contributed by atoms with van der Waals surface area (Å²) in [5.41, 5.74) is 0. The van der Waals surface area contributed by atoms with Crippen LogP contribution in [-0.2, 0) is 4.79 Å². The Balaban J connectivity index is 2.97. The van der Waals surface area contributed by atoms with Crippen LogP contribution in [0.1, 0.15) is 13.3 Å². The summed E-state index contributed by atoms with van der Waals surface area (Å²) in [5, 5.41) is 8.32. The summed E-state index contributed by atoms with van der Waals surface area (Å²) in [5.74, 6) is 1.48. The van der Waals surface area contributed by atoms with E-state index in [0.29, 0.717) is 17.9 Å². The lowest BCUT2D eigenvalue weighted by molar-refractivity contribution is -0.116. The Morgan fingerprint density at radius 3 is 2.78 bits per heavy atom. The predicted molar refractivity (Wildman–Crippen MR) is 39.7 cm³/mol. The average molecular weight is 148 g/mol. The Labute approximate surface area is 59.6 Å². The van der Waals surface area contributed by atoms with E-state index in [4.69, 9.17) is 5.11 Å². The maximum atomic E-state index is 10.6. The Hall–Kier alpha value is -0.0200. The molecule has 0 saturated carbocycles. The fourth-order valence-corrected chi connectivity index (χ4v) is 1.06. The highest BCUT2D eigenvalue weighted by Gasteiger charge is 1.95. The Kier molecular flexibility index (Phi) is 6.09.